The number of nitrogens with one attached hydrogen (secondary N) is 1. The van der Waals surface area contributed by atoms with E-state index in [1.807, 2.05) is 0 Å². The fraction of sp³-hybridized carbons (Fsp3) is 0.333. The fourth-order valence-corrected chi connectivity index (χ4v) is 1.96. The van der Waals surface area contributed by atoms with Gasteiger partial charge in [-0.25, -0.2) is 9.37 Å². The van der Waals surface area contributed by atoms with Gasteiger partial charge in [-0.2, -0.15) is 4.98 Å². The lowest BCUT2D eigenvalue weighted by atomic mass is 10.2. The van der Waals surface area contributed by atoms with E-state index < -0.39 is 0 Å². The first-order chi connectivity index (χ1) is 9.67. The Hall–Kier alpha value is -2.17. The number of nitrogens with zero attached hydrogens (tertiary/aromatic N) is 2. The third kappa shape index (κ3) is 2.57. The minimum Gasteiger partial charge on any atom is -0.436 e. The molecule has 3 rings (SSSR count). The maximum absolute atomic E-state index is 14.0. The second-order valence-corrected chi connectivity index (χ2v) is 4.96. The lowest BCUT2D eigenvalue weighted by Gasteiger charge is -2.10. The molecule has 2 aromatic rings. The molecule has 0 radical (unpaired) electrons. The molecule has 0 aliphatic heterocycles. The smallest absolute Gasteiger partial charge is 0.224 e. The summed E-state index contributed by atoms with van der Waals surface area (Å²) >= 11 is 0. The molecule has 1 N–H and O–H groups in total. The van der Waals surface area contributed by atoms with Crippen LogP contribution in [0.5, 0.6) is 11.6 Å². The molecule has 1 aromatic carbocycles. The average molecular weight is 273 g/mol. The number of hydrogen-bond donors (Lipinski definition) is 1. The summed E-state index contributed by atoms with van der Waals surface area (Å²) in [4.78, 5) is 8.77. The Labute approximate surface area is 117 Å². The number of aromatic nitrogens is 2. The van der Waals surface area contributed by atoms with E-state index in [9.17, 15) is 4.39 Å². The highest BCUT2D eigenvalue weighted by Crippen LogP contribution is 2.39. The van der Waals surface area contributed by atoms with Crippen molar-refractivity contribution in [2.24, 2.45) is 0 Å². The molecule has 1 saturated carbocycles. The molecule has 1 aliphatic carbocycles. The molecule has 1 aromatic heterocycles. The molecule has 104 valence electrons. The normalized spacial score (nSPS) is 14.2. The van der Waals surface area contributed by atoms with Gasteiger partial charge in [-0.1, -0.05) is 12.1 Å². The van der Waals surface area contributed by atoms with E-state index in [0.29, 0.717) is 23.2 Å². The van der Waals surface area contributed by atoms with Crippen LogP contribution in [0.2, 0.25) is 0 Å². The maximum Gasteiger partial charge on any atom is 0.224 e. The maximum atomic E-state index is 14.0. The summed E-state index contributed by atoms with van der Waals surface area (Å²) in [5, 5.41) is 2.98. The summed E-state index contributed by atoms with van der Waals surface area (Å²) in [6.07, 6.45) is 2.21. The summed E-state index contributed by atoms with van der Waals surface area (Å²) in [6, 6.07) is 6.74. The number of hydrogen-bond acceptors (Lipinski definition) is 4. The molecular weight excluding hydrogens is 257 g/mol. The van der Waals surface area contributed by atoms with Gasteiger partial charge >= 0.3 is 0 Å². The quantitative estimate of drug-likeness (QED) is 0.924. The van der Waals surface area contributed by atoms with Gasteiger partial charge in [-0.05, 0) is 31.4 Å². The van der Waals surface area contributed by atoms with Crippen molar-refractivity contribution in [2.75, 3.05) is 12.4 Å². The van der Waals surface area contributed by atoms with E-state index in [-0.39, 0.29) is 11.6 Å². The molecule has 0 amide bonds. The molecule has 0 unspecified atom stereocenters. The highest BCUT2D eigenvalue weighted by atomic mass is 19.1. The predicted molar refractivity (Wildman–Crippen MR) is 74.8 cm³/mol. The lowest BCUT2D eigenvalue weighted by molar-refractivity contribution is 0.423. The molecule has 0 atom stereocenters. The second kappa shape index (κ2) is 5.07. The van der Waals surface area contributed by atoms with Gasteiger partial charge in [0.1, 0.15) is 11.6 Å². The van der Waals surface area contributed by atoms with Crippen molar-refractivity contribution in [1.82, 2.24) is 9.97 Å². The zero-order valence-electron chi connectivity index (χ0n) is 11.5. The van der Waals surface area contributed by atoms with Crippen LogP contribution < -0.4 is 10.1 Å². The van der Waals surface area contributed by atoms with Gasteiger partial charge in [0, 0.05) is 19.0 Å². The van der Waals surface area contributed by atoms with Gasteiger partial charge in [0.15, 0.2) is 11.6 Å². The molecule has 1 aliphatic rings. The second-order valence-electron chi connectivity index (χ2n) is 4.96. The summed E-state index contributed by atoms with van der Waals surface area (Å²) in [7, 11) is 1.79. The van der Waals surface area contributed by atoms with Crippen molar-refractivity contribution in [3.63, 3.8) is 0 Å². The third-order valence-electron chi connectivity index (χ3n) is 3.29. The molecule has 5 heteroatoms. The Morgan fingerprint density at radius 1 is 1.30 bits per heavy atom. The van der Waals surface area contributed by atoms with E-state index in [4.69, 9.17) is 4.74 Å². The first-order valence-corrected chi connectivity index (χ1v) is 6.67. The average Bonchev–Trinajstić information content (AvgIpc) is 3.28. The van der Waals surface area contributed by atoms with Crippen molar-refractivity contribution in [3.05, 3.63) is 41.5 Å². The Balaban J connectivity index is 1.93. The zero-order chi connectivity index (χ0) is 14.1. The molecule has 0 bridgehead atoms. The minimum absolute atomic E-state index is 0.188. The number of benzene rings is 1. The Morgan fingerprint density at radius 3 is 2.80 bits per heavy atom. The number of rotatable bonds is 4. The first kappa shape index (κ1) is 12.8. The predicted octanol–water partition coefficient (Wildman–Crippen LogP) is 3.64. The van der Waals surface area contributed by atoms with Gasteiger partial charge in [-0.15, -0.1) is 0 Å². The van der Waals surface area contributed by atoms with E-state index >= 15 is 0 Å². The van der Waals surface area contributed by atoms with Crippen LogP contribution in [0.3, 0.4) is 0 Å². The van der Waals surface area contributed by atoms with Crippen LogP contribution in [0, 0.1) is 12.7 Å². The Kier molecular flexibility index (Phi) is 3.26. The highest BCUT2D eigenvalue weighted by molar-refractivity contribution is 5.41. The summed E-state index contributed by atoms with van der Waals surface area (Å²) in [6.45, 7) is 1.71. The first-order valence-electron chi connectivity index (χ1n) is 6.67. The number of halogens is 1. The summed E-state index contributed by atoms with van der Waals surface area (Å²) in [5.41, 5.74) is 0.549. The van der Waals surface area contributed by atoms with Gasteiger partial charge in [0.05, 0.1) is 0 Å². The van der Waals surface area contributed by atoms with Gasteiger partial charge in [0.2, 0.25) is 5.88 Å². The lowest BCUT2D eigenvalue weighted by Crippen LogP contribution is -2.01. The molecule has 1 fully saturated rings. The van der Waals surface area contributed by atoms with Crippen LogP contribution in [0.4, 0.5) is 10.2 Å². The monoisotopic (exact) mass is 273 g/mol. The topological polar surface area (TPSA) is 47.0 Å². The molecule has 0 spiro atoms. The summed E-state index contributed by atoms with van der Waals surface area (Å²) < 4.78 is 19.5. The van der Waals surface area contributed by atoms with Crippen LogP contribution in [0.15, 0.2) is 24.3 Å². The third-order valence-corrected chi connectivity index (χ3v) is 3.29. The Bertz CT molecular complexity index is 641. The van der Waals surface area contributed by atoms with Crippen LogP contribution in [-0.2, 0) is 0 Å². The standard InChI is InChI=1S/C15H16FN3O/c1-9-4-3-5-11(14(9)16)20-13-8-12(17-2)18-15(19-13)10-6-7-10/h3-5,8,10H,6-7H2,1-2H3,(H,17,18,19). The number of aryl methyl sites for hydroxylation is 1. The fourth-order valence-electron chi connectivity index (χ4n) is 1.96. The molecule has 1 heterocycles. The molecular formula is C15H16FN3O. The molecule has 20 heavy (non-hydrogen) atoms. The van der Waals surface area contributed by atoms with Crippen LogP contribution in [0.1, 0.15) is 30.1 Å². The van der Waals surface area contributed by atoms with Crippen molar-refractivity contribution >= 4 is 5.82 Å². The van der Waals surface area contributed by atoms with E-state index in [2.05, 4.69) is 15.3 Å². The molecule has 0 saturated heterocycles. The van der Waals surface area contributed by atoms with E-state index in [1.165, 1.54) is 0 Å². The number of anilines is 1. The SMILES string of the molecule is CNc1cc(Oc2cccc(C)c2F)nc(C2CC2)n1. The molecule has 4 nitrogen and oxygen atoms in total. The van der Waals surface area contributed by atoms with Crippen LogP contribution in [-0.4, -0.2) is 17.0 Å². The van der Waals surface area contributed by atoms with E-state index in [1.54, 1.807) is 38.2 Å². The van der Waals surface area contributed by atoms with Crippen LogP contribution in [0.25, 0.3) is 0 Å². The highest BCUT2D eigenvalue weighted by Gasteiger charge is 2.27. The van der Waals surface area contributed by atoms with Crippen molar-refractivity contribution in [2.45, 2.75) is 25.7 Å². The van der Waals surface area contributed by atoms with E-state index in [0.717, 1.165) is 18.7 Å². The van der Waals surface area contributed by atoms with Crippen molar-refractivity contribution in [1.29, 1.82) is 0 Å². The van der Waals surface area contributed by atoms with Crippen molar-refractivity contribution in [3.8, 4) is 11.6 Å². The van der Waals surface area contributed by atoms with Crippen LogP contribution >= 0.6 is 0 Å². The van der Waals surface area contributed by atoms with Gasteiger partial charge in [-0.3, -0.25) is 0 Å². The van der Waals surface area contributed by atoms with Gasteiger partial charge in [0.25, 0.3) is 0 Å². The number of ether oxygens (including phenoxy) is 1. The van der Waals surface area contributed by atoms with Crippen molar-refractivity contribution < 1.29 is 9.13 Å². The Morgan fingerprint density at radius 2 is 2.10 bits per heavy atom. The van der Waals surface area contributed by atoms with Gasteiger partial charge < -0.3 is 10.1 Å². The largest absolute Gasteiger partial charge is 0.436 e. The zero-order valence-corrected chi connectivity index (χ0v) is 11.5. The minimum atomic E-state index is -0.356. The summed E-state index contributed by atoms with van der Waals surface area (Å²) in [5.74, 6) is 2.06.